The molecule has 4 heterocycles. The summed E-state index contributed by atoms with van der Waals surface area (Å²) in [6.45, 7) is 0. The van der Waals surface area contributed by atoms with E-state index >= 15 is 0 Å². The second-order valence-corrected chi connectivity index (χ2v) is 26.2. The van der Waals surface area contributed by atoms with Crippen LogP contribution in [-0.4, -0.2) is 29.9 Å². The summed E-state index contributed by atoms with van der Waals surface area (Å²) in [6, 6.07) is 129. The van der Waals surface area contributed by atoms with Crippen molar-refractivity contribution in [3.63, 3.8) is 0 Å². The zero-order valence-corrected chi connectivity index (χ0v) is 56.6. The molecule has 6 heteroatoms. The van der Waals surface area contributed by atoms with Crippen LogP contribution in [0.2, 0.25) is 0 Å². The van der Waals surface area contributed by atoms with E-state index in [-0.39, 0.29) is 0 Å². The number of rotatable bonds is 12. The third-order valence-electron chi connectivity index (χ3n) is 19.7. The molecule has 0 fully saturated rings. The second-order valence-electron chi connectivity index (χ2n) is 26.2. The molecule has 15 aromatic carbocycles. The number of hydrogen-bond donors (Lipinski definition) is 0. The minimum Gasteiger partial charge on any atom is -0.264 e. The van der Waals surface area contributed by atoms with Crippen LogP contribution >= 0.6 is 0 Å². The van der Waals surface area contributed by atoms with Gasteiger partial charge >= 0.3 is 0 Å². The minimum atomic E-state index is 0.682. The molecule has 0 atom stereocenters. The number of benzene rings is 15. The Balaban J connectivity index is 0.000000149. The van der Waals surface area contributed by atoms with Crippen LogP contribution < -0.4 is 0 Å². The molecule has 0 saturated heterocycles. The first kappa shape index (κ1) is 62.3. The summed E-state index contributed by atoms with van der Waals surface area (Å²) in [7, 11) is 0. The van der Waals surface area contributed by atoms with Crippen LogP contribution in [0.5, 0.6) is 0 Å². The highest BCUT2D eigenvalue weighted by Crippen LogP contribution is 2.40. The van der Waals surface area contributed by atoms with Gasteiger partial charge in [0.1, 0.15) is 0 Å². The minimum absolute atomic E-state index is 0.682. The van der Waals surface area contributed by atoms with Crippen molar-refractivity contribution in [1.29, 1.82) is 0 Å². The fourth-order valence-corrected chi connectivity index (χ4v) is 14.3. The van der Waals surface area contributed by atoms with Gasteiger partial charge in [0.2, 0.25) is 0 Å². The third kappa shape index (κ3) is 12.7. The summed E-state index contributed by atoms with van der Waals surface area (Å²) in [5.74, 6) is 1.37. The van der Waals surface area contributed by atoms with Crippen molar-refractivity contribution >= 4 is 53.9 Å². The van der Waals surface area contributed by atoms with Crippen molar-refractivity contribution in [3.8, 4) is 135 Å². The Kier molecular flexibility index (Phi) is 16.6. The molecule has 19 aromatic rings. The molecule has 0 aliphatic carbocycles. The van der Waals surface area contributed by atoms with Crippen molar-refractivity contribution in [2.45, 2.75) is 0 Å². The Morgan fingerprint density at radius 3 is 1.04 bits per heavy atom. The van der Waals surface area contributed by atoms with Crippen molar-refractivity contribution in [2.24, 2.45) is 0 Å². The van der Waals surface area contributed by atoms with Gasteiger partial charge in [-0.2, -0.15) is 0 Å². The number of aromatic nitrogens is 6. The molecular formula is C98H64N6. The fourth-order valence-electron chi connectivity index (χ4n) is 14.3. The number of hydrogen-bond acceptors (Lipinski definition) is 6. The van der Waals surface area contributed by atoms with Crippen LogP contribution in [0.25, 0.3) is 188 Å². The smallest absolute Gasteiger partial charge is 0.160 e. The van der Waals surface area contributed by atoms with E-state index in [0.717, 1.165) is 101 Å². The van der Waals surface area contributed by atoms with Gasteiger partial charge in [-0.25, -0.2) is 19.9 Å². The standard InChI is InChI=1S/C51H33N3.C47H31N3/c1-2-11-37-28-39(26-23-34(37)10-1)38-13-7-15-42(29-38)50-32-49(36-24-21-35(22-25-36)44-17-9-27-52-33-44)53-51(54-50)43-16-8-14-40(30-43)48-31-41-12-3-4-18-45(41)46-19-5-6-20-47(46)48;1-2-10-38-28-40(26-19-32(38)8-1)39-12-5-13-41(29-39)47-49-45(36-22-17-33(18-23-36)42-14-7-27-48-31-42)30-46(50-47)37-24-20-35(21-25-37)44-16-6-11-34-9-3-4-15-43(34)44/h1-33H;1-31H. The Morgan fingerprint density at radius 1 is 0.154 bits per heavy atom. The molecule has 0 aliphatic heterocycles. The van der Waals surface area contributed by atoms with Crippen LogP contribution in [0.1, 0.15) is 0 Å². The van der Waals surface area contributed by atoms with E-state index in [0.29, 0.717) is 11.6 Å². The topological polar surface area (TPSA) is 77.3 Å². The molecule has 19 rings (SSSR count). The lowest BCUT2D eigenvalue weighted by Crippen LogP contribution is -1.96. The van der Waals surface area contributed by atoms with Crippen molar-refractivity contribution in [1.82, 2.24) is 29.9 Å². The van der Waals surface area contributed by atoms with E-state index in [1.807, 2.05) is 24.5 Å². The van der Waals surface area contributed by atoms with Gasteiger partial charge in [-0.1, -0.05) is 303 Å². The van der Waals surface area contributed by atoms with Crippen molar-refractivity contribution in [2.75, 3.05) is 0 Å². The number of fused-ring (bicyclic) bond motifs is 6. The van der Waals surface area contributed by atoms with E-state index in [2.05, 4.69) is 362 Å². The first-order valence-corrected chi connectivity index (χ1v) is 35.1. The van der Waals surface area contributed by atoms with Gasteiger partial charge in [0.15, 0.2) is 11.6 Å². The predicted octanol–water partition coefficient (Wildman–Crippen LogP) is 25.5. The Morgan fingerprint density at radius 2 is 0.510 bits per heavy atom. The Labute approximate surface area is 603 Å². The summed E-state index contributed by atoms with van der Waals surface area (Å²) in [5.41, 5.74) is 23.3. The third-order valence-corrected chi connectivity index (χ3v) is 19.7. The summed E-state index contributed by atoms with van der Waals surface area (Å²) in [4.78, 5) is 29.5. The highest BCUT2D eigenvalue weighted by atomic mass is 14.9. The van der Waals surface area contributed by atoms with Gasteiger partial charge in [0.25, 0.3) is 0 Å². The molecule has 0 saturated carbocycles. The molecular weight excluding hydrogens is 1260 g/mol. The molecule has 0 aliphatic rings. The summed E-state index contributed by atoms with van der Waals surface area (Å²) in [6.07, 6.45) is 7.38. The van der Waals surface area contributed by atoms with Crippen LogP contribution in [0.3, 0.4) is 0 Å². The Hall–Kier alpha value is -13.9. The summed E-state index contributed by atoms with van der Waals surface area (Å²) >= 11 is 0. The van der Waals surface area contributed by atoms with Gasteiger partial charge in [-0.3, -0.25) is 9.97 Å². The molecule has 0 amide bonds. The fraction of sp³-hybridized carbons (Fsp3) is 0. The zero-order valence-electron chi connectivity index (χ0n) is 56.6. The van der Waals surface area contributed by atoms with Crippen LogP contribution in [0, 0.1) is 0 Å². The van der Waals surface area contributed by atoms with Crippen LogP contribution in [0.15, 0.2) is 389 Å². The van der Waals surface area contributed by atoms with E-state index < -0.39 is 0 Å². The van der Waals surface area contributed by atoms with Gasteiger partial charge in [-0.05, 0) is 181 Å². The average Bonchev–Trinajstić information content (AvgIpc) is 0.815. The lowest BCUT2D eigenvalue weighted by molar-refractivity contribution is 1.18. The summed E-state index contributed by atoms with van der Waals surface area (Å²) in [5, 5.41) is 12.3. The maximum absolute atomic E-state index is 5.28. The SMILES string of the molecule is c1cncc(-c2ccc(-c3cc(-c4ccc(-c5cccc6ccccc56)cc4)nc(-c4cccc(-c5ccc6ccccc6c5)c4)n3)cc2)c1.c1cncc(-c2ccc(-c3cc(-c4cccc(-c5ccc6ccccc6c5)c4)nc(-c4cccc(-c5cc6ccccc6c6ccccc56)c4)n3)cc2)c1. The van der Waals surface area contributed by atoms with Crippen LogP contribution in [-0.2, 0) is 0 Å². The Bertz CT molecular complexity index is 6390. The van der Waals surface area contributed by atoms with Crippen LogP contribution in [0.4, 0.5) is 0 Å². The first-order chi connectivity index (χ1) is 51.5. The van der Waals surface area contributed by atoms with Crippen molar-refractivity contribution in [3.05, 3.63) is 389 Å². The molecule has 104 heavy (non-hydrogen) atoms. The maximum atomic E-state index is 5.28. The lowest BCUT2D eigenvalue weighted by atomic mass is 9.92. The highest BCUT2D eigenvalue weighted by Gasteiger charge is 2.18. The normalized spacial score (nSPS) is 11.3. The molecule has 6 nitrogen and oxygen atoms in total. The number of nitrogens with zero attached hydrogens (tertiary/aromatic N) is 6. The summed E-state index contributed by atoms with van der Waals surface area (Å²) < 4.78 is 0. The maximum Gasteiger partial charge on any atom is 0.160 e. The van der Waals surface area contributed by atoms with Gasteiger partial charge in [0, 0.05) is 58.2 Å². The molecule has 0 N–H and O–H groups in total. The average molecular weight is 1330 g/mol. The van der Waals surface area contributed by atoms with E-state index in [1.165, 1.54) is 76.1 Å². The van der Waals surface area contributed by atoms with Crippen molar-refractivity contribution < 1.29 is 0 Å². The molecule has 0 bridgehead atoms. The molecule has 0 unspecified atom stereocenters. The van der Waals surface area contributed by atoms with E-state index in [9.17, 15) is 0 Å². The largest absolute Gasteiger partial charge is 0.264 e. The molecule has 0 spiro atoms. The second kappa shape index (κ2) is 27.6. The molecule has 4 aromatic heterocycles. The monoisotopic (exact) mass is 1320 g/mol. The zero-order chi connectivity index (χ0) is 69.1. The van der Waals surface area contributed by atoms with Gasteiger partial charge < -0.3 is 0 Å². The lowest BCUT2D eigenvalue weighted by Gasteiger charge is -2.13. The predicted molar refractivity (Wildman–Crippen MR) is 432 cm³/mol. The number of pyridine rings is 2. The van der Waals surface area contributed by atoms with Gasteiger partial charge in [0.05, 0.1) is 22.8 Å². The quantitative estimate of drug-likeness (QED) is 0.113. The van der Waals surface area contributed by atoms with E-state index in [1.54, 1.807) is 12.4 Å². The molecule has 0 radical (unpaired) electrons. The molecule has 486 valence electrons. The highest BCUT2D eigenvalue weighted by molar-refractivity contribution is 6.14. The van der Waals surface area contributed by atoms with Gasteiger partial charge in [-0.15, -0.1) is 0 Å². The first-order valence-electron chi connectivity index (χ1n) is 35.1. The van der Waals surface area contributed by atoms with E-state index in [4.69, 9.17) is 19.9 Å².